The number of piperidine rings is 1. The summed E-state index contributed by atoms with van der Waals surface area (Å²) < 4.78 is 29.3. The molecule has 2 aliphatic heterocycles. The van der Waals surface area contributed by atoms with Crippen molar-refractivity contribution in [1.29, 1.82) is 0 Å². The number of likely N-dealkylation sites (tertiary alicyclic amines) is 2. The van der Waals surface area contributed by atoms with Gasteiger partial charge in [-0.05, 0) is 124 Å². The second-order valence-electron chi connectivity index (χ2n) is 13.1. The van der Waals surface area contributed by atoms with Gasteiger partial charge < -0.3 is 14.6 Å². The number of nitrogens with zero attached hydrogens (tertiary/aromatic N) is 2. The van der Waals surface area contributed by atoms with Gasteiger partial charge in [0.15, 0.2) is 11.6 Å². The lowest BCUT2D eigenvalue weighted by molar-refractivity contribution is 0.0261. The number of thiophene rings is 1. The Labute approximate surface area is 270 Å². The fourth-order valence-electron chi connectivity index (χ4n) is 7.63. The predicted molar refractivity (Wildman–Crippen MR) is 181 cm³/mol. The molecule has 238 valence electrons. The van der Waals surface area contributed by atoms with Gasteiger partial charge in [-0.1, -0.05) is 37.1 Å². The number of phenolic OH excluding ortho intramolecular Hbond substituents is 1. The molecule has 1 saturated carbocycles. The van der Waals surface area contributed by atoms with Crippen LogP contribution in [0.5, 0.6) is 17.2 Å². The van der Waals surface area contributed by atoms with Gasteiger partial charge in [-0.25, -0.2) is 4.39 Å². The molecule has 45 heavy (non-hydrogen) atoms. The zero-order valence-electron chi connectivity index (χ0n) is 26.2. The summed E-state index contributed by atoms with van der Waals surface area (Å²) in [5, 5.41) is 13.5. The van der Waals surface area contributed by atoms with Crippen molar-refractivity contribution in [2.24, 2.45) is 0 Å². The molecule has 7 rings (SSSR count). The maximum absolute atomic E-state index is 15.7. The van der Waals surface area contributed by atoms with E-state index in [9.17, 15) is 5.11 Å². The molecule has 2 saturated heterocycles. The molecule has 1 aromatic heterocycles. The van der Waals surface area contributed by atoms with Gasteiger partial charge in [0.05, 0.1) is 0 Å². The average molecular weight is 629 g/mol. The SMILES string of the molecule is Oc1cc2scc(Cc3ccc(OC4CCCCC4N4CCCCC4)cc3)c2c(-c2cccc(OCCN3CCCC3)c2)c1F. The van der Waals surface area contributed by atoms with Crippen molar-refractivity contribution >= 4 is 21.4 Å². The Kier molecular flexibility index (Phi) is 9.57. The molecule has 4 aromatic rings. The lowest BCUT2D eigenvalue weighted by Crippen LogP contribution is -2.49. The lowest BCUT2D eigenvalue weighted by Gasteiger charge is -2.41. The van der Waals surface area contributed by atoms with Crippen LogP contribution in [0.4, 0.5) is 4.39 Å². The van der Waals surface area contributed by atoms with Crippen molar-refractivity contribution in [2.45, 2.75) is 76.4 Å². The molecule has 3 aromatic carbocycles. The summed E-state index contributed by atoms with van der Waals surface area (Å²) in [5.41, 5.74) is 3.35. The molecule has 3 aliphatic rings. The minimum absolute atomic E-state index is 0.252. The first kappa shape index (κ1) is 30.5. The second kappa shape index (κ2) is 14.1. The third-order valence-electron chi connectivity index (χ3n) is 9.99. The minimum atomic E-state index is -0.587. The highest BCUT2D eigenvalue weighted by Crippen LogP contribution is 2.42. The van der Waals surface area contributed by atoms with Gasteiger partial charge in [-0.2, -0.15) is 0 Å². The van der Waals surface area contributed by atoms with Gasteiger partial charge in [0.25, 0.3) is 0 Å². The normalized spacial score (nSPS) is 21.4. The largest absolute Gasteiger partial charge is 0.505 e. The van der Waals surface area contributed by atoms with Crippen LogP contribution >= 0.6 is 11.3 Å². The molecule has 1 N–H and O–H groups in total. The topological polar surface area (TPSA) is 45.2 Å². The summed E-state index contributed by atoms with van der Waals surface area (Å²) in [6.45, 7) is 6.17. The number of hydrogen-bond donors (Lipinski definition) is 1. The Morgan fingerprint density at radius 3 is 2.44 bits per heavy atom. The van der Waals surface area contributed by atoms with Gasteiger partial charge in [-0.3, -0.25) is 9.80 Å². The molecular weight excluding hydrogens is 583 g/mol. The number of rotatable bonds is 10. The van der Waals surface area contributed by atoms with E-state index in [1.54, 1.807) is 17.4 Å². The zero-order chi connectivity index (χ0) is 30.6. The maximum Gasteiger partial charge on any atom is 0.173 e. The van der Waals surface area contributed by atoms with E-state index in [4.69, 9.17) is 9.47 Å². The summed E-state index contributed by atoms with van der Waals surface area (Å²) in [6.07, 6.45) is 12.3. The smallest absolute Gasteiger partial charge is 0.173 e. The van der Waals surface area contributed by atoms with E-state index in [0.29, 0.717) is 30.2 Å². The van der Waals surface area contributed by atoms with Crippen LogP contribution in [0.2, 0.25) is 0 Å². The van der Waals surface area contributed by atoms with Crippen LogP contribution in [-0.4, -0.2) is 66.4 Å². The highest BCUT2D eigenvalue weighted by molar-refractivity contribution is 7.17. The molecule has 2 atom stereocenters. The Morgan fingerprint density at radius 1 is 0.844 bits per heavy atom. The number of aromatic hydroxyl groups is 1. The fourth-order valence-corrected chi connectivity index (χ4v) is 8.63. The second-order valence-corrected chi connectivity index (χ2v) is 14.0. The van der Waals surface area contributed by atoms with Crippen molar-refractivity contribution in [2.75, 3.05) is 39.3 Å². The number of ether oxygens (including phenoxy) is 2. The van der Waals surface area contributed by atoms with E-state index in [0.717, 1.165) is 58.8 Å². The minimum Gasteiger partial charge on any atom is -0.505 e. The van der Waals surface area contributed by atoms with Crippen LogP contribution in [0.25, 0.3) is 21.2 Å². The van der Waals surface area contributed by atoms with E-state index in [1.807, 2.05) is 24.3 Å². The predicted octanol–water partition coefficient (Wildman–Crippen LogP) is 8.65. The van der Waals surface area contributed by atoms with Crippen LogP contribution in [0.1, 0.15) is 68.9 Å². The van der Waals surface area contributed by atoms with Crippen molar-refractivity contribution in [3.63, 3.8) is 0 Å². The van der Waals surface area contributed by atoms with E-state index >= 15 is 4.39 Å². The number of fused-ring (bicyclic) bond motifs is 1. The first-order valence-electron chi connectivity index (χ1n) is 17.0. The first-order valence-corrected chi connectivity index (χ1v) is 17.9. The number of benzene rings is 3. The first-order chi connectivity index (χ1) is 22.1. The molecule has 0 spiro atoms. The molecule has 0 bridgehead atoms. The van der Waals surface area contributed by atoms with Crippen LogP contribution in [0.3, 0.4) is 0 Å². The van der Waals surface area contributed by atoms with Gasteiger partial charge in [0.2, 0.25) is 0 Å². The van der Waals surface area contributed by atoms with E-state index in [-0.39, 0.29) is 11.9 Å². The van der Waals surface area contributed by atoms with Crippen molar-refractivity contribution in [3.8, 4) is 28.4 Å². The number of halogens is 1. The third kappa shape index (κ3) is 7.01. The van der Waals surface area contributed by atoms with E-state index < -0.39 is 5.82 Å². The monoisotopic (exact) mass is 628 g/mol. The standard InChI is InChI=1S/C38H45FN2O3S/c39-38-33(42)25-35-36(37(38)28-9-8-10-31(24-28)43-22-21-40-17-6-7-18-40)29(26-45-35)23-27-13-15-30(16-14-27)44-34-12-3-2-11-32(34)41-19-4-1-5-20-41/h8-10,13-16,24-26,32,34,42H,1-7,11-12,17-23H2. The van der Waals surface area contributed by atoms with Crippen LogP contribution in [-0.2, 0) is 6.42 Å². The highest BCUT2D eigenvalue weighted by Gasteiger charge is 2.32. The Balaban J connectivity index is 1.08. The zero-order valence-corrected chi connectivity index (χ0v) is 27.0. The summed E-state index contributed by atoms with van der Waals surface area (Å²) in [7, 11) is 0. The van der Waals surface area contributed by atoms with Gasteiger partial charge in [-0.15, -0.1) is 11.3 Å². The van der Waals surface area contributed by atoms with Gasteiger partial charge in [0.1, 0.15) is 24.2 Å². The van der Waals surface area contributed by atoms with Crippen LogP contribution < -0.4 is 9.47 Å². The Morgan fingerprint density at radius 2 is 1.62 bits per heavy atom. The van der Waals surface area contributed by atoms with Crippen molar-refractivity contribution < 1.29 is 19.0 Å². The van der Waals surface area contributed by atoms with Gasteiger partial charge >= 0.3 is 0 Å². The molecule has 5 nitrogen and oxygen atoms in total. The summed E-state index contributed by atoms with van der Waals surface area (Å²) in [6, 6.07) is 18.2. The molecule has 2 unspecified atom stereocenters. The molecule has 7 heteroatoms. The maximum atomic E-state index is 15.7. The summed E-state index contributed by atoms with van der Waals surface area (Å²) in [4.78, 5) is 5.09. The van der Waals surface area contributed by atoms with Crippen molar-refractivity contribution in [1.82, 2.24) is 9.80 Å². The molecule has 0 radical (unpaired) electrons. The number of hydrogen-bond acceptors (Lipinski definition) is 6. The van der Waals surface area contributed by atoms with Crippen LogP contribution in [0.15, 0.2) is 60.0 Å². The molecule has 1 aliphatic carbocycles. The van der Waals surface area contributed by atoms with Crippen LogP contribution in [0, 0.1) is 5.82 Å². The Hall–Kier alpha value is -3.13. The Bertz CT molecular complexity index is 1580. The fraction of sp³-hybridized carbons (Fsp3) is 0.474. The lowest BCUT2D eigenvalue weighted by atomic mass is 9.90. The highest BCUT2D eigenvalue weighted by atomic mass is 32.1. The molecule has 3 fully saturated rings. The molecular formula is C38H45FN2O3S. The molecule has 3 heterocycles. The summed E-state index contributed by atoms with van der Waals surface area (Å²) >= 11 is 1.54. The van der Waals surface area contributed by atoms with E-state index in [1.165, 1.54) is 64.5 Å². The van der Waals surface area contributed by atoms with Crippen molar-refractivity contribution in [3.05, 3.63) is 76.9 Å². The van der Waals surface area contributed by atoms with E-state index in [2.05, 4.69) is 39.4 Å². The average Bonchev–Trinajstić information content (AvgIpc) is 3.74. The van der Waals surface area contributed by atoms with Gasteiger partial charge in [0, 0.05) is 34.3 Å². The summed E-state index contributed by atoms with van der Waals surface area (Å²) in [5.74, 6) is 0.741. The third-order valence-corrected chi connectivity index (χ3v) is 11.0. The quantitative estimate of drug-likeness (QED) is 0.190. The number of phenols is 1. The molecule has 0 amide bonds.